The molecule has 0 aromatic heterocycles. The van der Waals surface area contributed by atoms with Crippen LogP contribution in [-0.2, 0) is 16.0 Å². The Labute approximate surface area is 140 Å². The van der Waals surface area contributed by atoms with Crippen LogP contribution in [0.3, 0.4) is 0 Å². The average Bonchev–Trinajstić information content (AvgIpc) is 2.55. The van der Waals surface area contributed by atoms with Gasteiger partial charge in [0.15, 0.2) is 0 Å². The molecule has 0 unspecified atom stereocenters. The van der Waals surface area contributed by atoms with Crippen LogP contribution in [0.15, 0.2) is 48.5 Å². The van der Waals surface area contributed by atoms with E-state index >= 15 is 0 Å². The first-order valence-electron chi connectivity index (χ1n) is 7.69. The van der Waals surface area contributed by atoms with Gasteiger partial charge in [0.2, 0.25) is 5.91 Å². The van der Waals surface area contributed by atoms with Gasteiger partial charge in [0.05, 0.1) is 5.92 Å². The van der Waals surface area contributed by atoms with Crippen molar-refractivity contribution in [2.75, 3.05) is 5.32 Å². The summed E-state index contributed by atoms with van der Waals surface area (Å²) >= 11 is 0. The van der Waals surface area contributed by atoms with Gasteiger partial charge in [-0.2, -0.15) is 0 Å². The van der Waals surface area contributed by atoms with E-state index in [0.717, 1.165) is 11.1 Å². The summed E-state index contributed by atoms with van der Waals surface area (Å²) in [6.07, 6.45) is 0.280. The number of carbonyl (C=O) groups excluding carboxylic acids is 2. The van der Waals surface area contributed by atoms with Gasteiger partial charge in [-0.3, -0.25) is 4.79 Å². The van der Waals surface area contributed by atoms with E-state index in [4.69, 9.17) is 0 Å². The molecule has 2 rings (SSSR count). The average molecular weight is 328 g/mol. The summed E-state index contributed by atoms with van der Waals surface area (Å²) in [5.74, 6) is -3.86. The van der Waals surface area contributed by atoms with Crippen molar-refractivity contribution >= 4 is 17.6 Å². The molecule has 2 aromatic carbocycles. The number of benzene rings is 2. The van der Waals surface area contributed by atoms with Crippen LogP contribution in [-0.4, -0.2) is 11.9 Å². The van der Waals surface area contributed by atoms with Gasteiger partial charge in [0, 0.05) is 17.6 Å². The van der Waals surface area contributed by atoms with E-state index in [0.29, 0.717) is 5.69 Å². The summed E-state index contributed by atoms with van der Waals surface area (Å²) in [5.41, 5.74) is 2.37. The summed E-state index contributed by atoms with van der Waals surface area (Å²) in [4.78, 5) is 23.8. The summed E-state index contributed by atoms with van der Waals surface area (Å²) in [6, 6.07) is 12.9. The lowest BCUT2D eigenvalue weighted by Gasteiger charge is -2.24. The first-order chi connectivity index (χ1) is 11.4. The Morgan fingerprint density at radius 2 is 1.67 bits per heavy atom. The Kier molecular flexibility index (Phi) is 5.68. The standard InChI is InChI=1S/C19H20FNO3/c1-12-3-5-14(6-4-12)11-17(13(2)19(23)24)18(22)21-16-9-7-15(20)8-10-16/h3-10,13,17H,11H2,1-2H3,(H,21,22)(H,23,24)/p-1/t13-,17-/m1/s1. The molecule has 0 spiro atoms. The number of aryl methyl sites for hydroxylation is 1. The molecule has 0 saturated carbocycles. The summed E-state index contributed by atoms with van der Waals surface area (Å²) in [5, 5.41) is 13.9. The number of nitrogens with one attached hydrogen (secondary N) is 1. The fourth-order valence-corrected chi connectivity index (χ4v) is 2.41. The lowest BCUT2D eigenvalue weighted by atomic mass is 9.87. The number of amides is 1. The number of carbonyl (C=O) groups is 2. The molecule has 4 nitrogen and oxygen atoms in total. The number of rotatable bonds is 6. The number of anilines is 1. The molecule has 0 saturated heterocycles. The molecule has 0 heterocycles. The zero-order valence-corrected chi connectivity index (χ0v) is 13.6. The van der Waals surface area contributed by atoms with Gasteiger partial charge >= 0.3 is 0 Å². The van der Waals surface area contributed by atoms with Gasteiger partial charge in [-0.1, -0.05) is 36.8 Å². The Morgan fingerprint density at radius 1 is 1.08 bits per heavy atom. The van der Waals surface area contributed by atoms with Crippen molar-refractivity contribution in [1.82, 2.24) is 0 Å². The highest BCUT2D eigenvalue weighted by Gasteiger charge is 2.26. The van der Waals surface area contributed by atoms with Gasteiger partial charge in [0.1, 0.15) is 5.82 Å². The minimum absolute atomic E-state index is 0.280. The second-order valence-electron chi connectivity index (χ2n) is 5.90. The molecule has 24 heavy (non-hydrogen) atoms. The van der Waals surface area contributed by atoms with Gasteiger partial charge in [-0.05, 0) is 43.2 Å². The molecule has 5 heteroatoms. The number of hydrogen-bond donors (Lipinski definition) is 1. The normalized spacial score (nSPS) is 13.1. The Morgan fingerprint density at radius 3 is 2.21 bits per heavy atom. The lowest BCUT2D eigenvalue weighted by molar-refractivity contribution is -0.312. The number of halogens is 1. The van der Waals surface area contributed by atoms with E-state index in [-0.39, 0.29) is 6.42 Å². The first kappa shape index (κ1) is 17.7. The van der Waals surface area contributed by atoms with Gasteiger partial charge < -0.3 is 15.2 Å². The zero-order valence-electron chi connectivity index (χ0n) is 13.6. The van der Waals surface area contributed by atoms with Gasteiger partial charge in [-0.15, -0.1) is 0 Å². The highest BCUT2D eigenvalue weighted by Crippen LogP contribution is 2.21. The van der Waals surface area contributed by atoms with Crippen molar-refractivity contribution in [2.45, 2.75) is 20.3 Å². The zero-order chi connectivity index (χ0) is 17.7. The second kappa shape index (κ2) is 7.73. The van der Waals surface area contributed by atoms with Crippen LogP contribution in [0.5, 0.6) is 0 Å². The van der Waals surface area contributed by atoms with Crippen molar-refractivity contribution in [3.05, 3.63) is 65.5 Å². The largest absolute Gasteiger partial charge is 0.550 e. The quantitative estimate of drug-likeness (QED) is 0.885. The molecule has 0 bridgehead atoms. The molecule has 0 radical (unpaired) electrons. The Balaban J connectivity index is 2.18. The van der Waals surface area contributed by atoms with E-state index in [1.807, 2.05) is 31.2 Å². The van der Waals surface area contributed by atoms with E-state index in [9.17, 15) is 19.1 Å². The van der Waals surface area contributed by atoms with Crippen LogP contribution < -0.4 is 10.4 Å². The van der Waals surface area contributed by atoms with Crippen molar-refractivity contribution < 1.29 is 19.1 Å². The van der Waals surface area contributed by atoms with Crippen molar-refractivity contribution in [1.29, 1.82) is 0 Å². The van der Waals surface area contributed by atoms with Crippen molar-refractivity contribution in [2.24, 2.45) is 11.8 Å². The number of hydrogen-bond acceptors (Lipinski definition) is 3. The minimum Gasteiger partial charge on any atom is -0.550 e. The maximum Gasteiger partial charge on any atom is 0.228 e. The fourth-order valence-electron chi connectivity index (χ4n) is 2.41. The molecule has 0 aliphatic carbocycles. The first-order valence-corrected chi connectivity index (χ1v) is 7.69. The molecule has 126 valence electrons. The van der Waals surface area contributed by atoms with Gasteiger partial charge in [-0.25, -0.2) is 4.39 Å². The third-order valence-electron chi connectivity index (χ3n) is 4.00. The molecule has 0 aliphatic rings. The number of carboxylic acid groups (broad SMARTS) is 1. The summed E-state index contributed by atoms with van der Waals surface area (Å²) < 4.78 is 12.9. The topological polar surface area (TPSA) is 69.2 Å². The minimum atomic E-state index is -1.28. The monoisotopic (exact) mass is 328 g/mol. The van der Waals surface area contributed by atoms with Crippen LogP contribution in [0.4, 0.5) is 10.1 Å². The van der Waals surface area contributed by atoms with Crippen LogP contribution in [0.2, 0.25) is 0 Å². The second-order valence-corrected chi connectivity index (χ2v) is 5.90. The van der Waals surface area contributed by atoms with Crippen LogP contribution in [0.1, 0.15) is 18.1 Å². The molecule has 0 aliphatic heterocycles. The fraction of sp³-hybridized carbons (Fsp3) is 0.263. The van der Waals surface area contributed by atoms with Crippen molar-refractivity contribution in [3.8, 4) is 0 Å². The molecule has 1 N–H and O–H groups in total. The summed E-state index contributed by atoms with van der Waals surface area (Å²) in [6.45, 7) is 3.41. The van der Waals surface area contributed by atoms with Crippen LogP contribution in [0, 0.1) is 24.6 Å². The highest BCUT2D eigenvalue weighted by atomic mass is 19.1. The van der Waals surface area contributed by atoms with Crippen LogP contribution >= 0.6 is 0 Å². The Hall–Kier alpha value is -2.69. The molecular weight excluding hydrogens is 309 g/mol. The number of carboxylic acids is 1. The van der Waals surface area contributed by atoms with E-state index < -0.39 is 29.5 Å². The molecular formula is C19H19FNO3-. The molecule has 2 atom stereocenters. The predicted octanol–water partition coefficient (Wildman–Crippen LogP) is 2.32. The maximum atomic E-state index is 12.9. The van der Waals surface area contributed by atoms with Crippen molar-refractivity contribution in [3.63, 3.8) is 0 Å². The number of aliphatic carboxylic acids is 1. The SMILES string of the molecule is Cc1ccc(C[C@@H](C(=O)Nc2ccc(F)cc2)[C@@H](C)C(=O)[O-])cc1. The Bertz CT molecular complexity index is 710. The predicted molar refractivity (Wildman–Crippen MR) is 87.6 cm³/mol. The molecule has 0 fully saturated rings. The van der Waals surface area contributed by atoms with Gasteiger partial charge in [0.25, 0.3) is 0 Å². The molecule has 1 amide bonds. The lowest BCUT2D eigenvalue weighted by Crippen LogP contribution is -2.40. The molecule has 2 aromatic rings. The third kappa shape index (κ3) is 4.65. The van der Waals surface area contributed by atoms with Crippen LogP contribution in [0.25, 0.3) is 0 Å². The van der Waals surface area contributed by atoms with E-state index in [1.54, 1.807) is 0 Å². The summed E-state index contributed by atoms with van der Waals surface area (Å²) in [7, 11) is 0. The third-order valence-corrected chi connectivity index (χ3v) is 4.00. The smallest absolute Gasteiger partial charge is 0.228 e. The highest BCUT2D eigenvalue weighted by molar-refractivity contribution is 5.95. The van der Waals surface area contributed by atoms with E-state index in [2.05, 4.69) is 5.32 Å². The maximum absolute atomic E-state index is 12.9. The van der Waals surface area contributed by atoms with E-state index in [1.165, 1.54) is 31.2 Å².